The number of likely N-dealkylation sites (N-methyl/N-ethyl adjacent to an activating group) is 1. The number of nitrogens with one attached hydrogen (secondary N) is 1. The number of aliphatic hydroxyl groups is 1. The zero-order chi connectivity index (χ0) is 14.7. The molecule has 2 atom stereocenters. The van der Waals surface area contributed by atoms with Crippen LogP contribution in [0.2, 0.25) is 0 Å². The van der Waals surface area contributed by atoms with Crippen molar-refractivity contribution in [2.75, 3.05) is 39.5 Å². The Labute approximate surface area is 119 Å². The summed E-state index contributed by atoms with van der Waals surface area (Å²) in [6.45, 7) is 1.13. The summed E-state index contributed by atoms with van der Waals surface area (Å²) in [4.78, 5) is 20.5. The van der Waals surface area contributed by atoms with Crippen LogP contribution in [0.25, 0.3) is 0 Å². The van der Waals surface area contributed by atoms with Gasteiger partial charge >= 0.3 is 0 Å². The van der Waals surface area contributed by atoms with Gasteiger partial charge in [0.05, 0.1) is 11.7 Å². The molecule has 110 valence electrons. The lowest BCUT2D eigenvalue weighted by Crippen LogP contribution is -2.41. The number of aromatic nitrogens is 1. The number of hydrogen-bond donors (Lipinski definition) is 2. The van der Waals surface area contributed by atoms with E-state index >= 15 is 0 Å². The minimum Gasteiger partial charge on any atom is -0.391 e. The molecule has 1 saturated heterocycles. The highest BCUT2D eigenvalue weighted by molar-refractivity contribution is 5.99. The lowest BCUT2D eigenvalue weighted by atomic mass is 10.1. The van der Waals surface area contributed by atoms with Gasteiger partial charge in [-0.25, -0.2) is 0 Å². The number of carbonyl (C=O) groups is 1. The Balaban J connectivity index is 2.22. The fraction of sp³-hybridized carbons (Fsp3) is 0.571. The minimum atomic E-state index is -0.446. The highest BCUT2D eigenvalue weighted by Crippen LogP contribution is 2.23. The average molecular weight is 278 g/mol. The quantitative estimate of drug-likeness (QED) is 0.827. The third-order valence-corrected chi connectivity index (χ3v) is 3.55. The molecule has 6 heteroatoms. The van der Waals surface area contributed by atoms with Crippen molar-refractivity contribution in [2.24, 2.45) is 0 Å². The van der Waals surface area contributed by atoms with Gasteiger partial charge in [0.2, 0.25) is 0 Å². The topological polar surface area (TPSA) is 68.7 Å². The number of likely N-dealkylation sites (tertiary alicyclic amines) is 1. The van der Waals surface area contributed by atoms with Gasteiger partial charge in [-0.3, -0.25) is 9.78 Å². The largest absolute Gasteiger partial charge is 0.391 e. The molecule has 1 fully saturated rings. The van der Waals surface area contributed by atoms with Gasteiger partial charge in [-0.05, 0) is 26.6 Å². The van der Waals surface area contributed by atoms with E-state index in [0.717, 1.165) is 12.2 Å². The number of anilines is 1. The van der Waals surface area contributed by atoms with E-state index in [0.29, 0.717) is 18.5 Å². The zero-order valence-electron chi connectivity index (χ0n) is 12.2. The Morgan fingerprint density at radius 1 is 1.60 bits per heavy atom. The standard InChI is InChI=1S/C14H22N4O2/c1-15-13-4-5-16-7-12(13)14(20)18-9-11(19)6-10(18)8-17(2)3/h4-5,7,10-11,19H,6,8-9H2,1-3H3,(H,15,16). The number of rotatable bonds is 4. The van der Waals surface area contributed by atoms with Crippen molar-refractivity contribution in [1.29, 1.82) is 0 Å². The normalized spacial score (nSPS) is 22.4. The van der Waals surface area contributed by atoms with Crippen LogP contribution in [-0.2, 0) is 0 Å². The highest BCUT2D eigenvalue weighted by Gasteiger charge is 2.35. The molecular formula is C14H22N4O2. The van der Waals surface area contributed by atoms with Crippen LogP contribution in [-0.4, -0.2) is 72.2 Å². The maximum absolute atomic E-state index is 12.7. The maximum Gasteiger partial charge on any atom is 0.257 e. The van der Waals surface area contributed by atoms with Gasteiger partial charge < -0.3 is 20.2 Å². The molecule has 2 heterocycles. The van der Waals surface area contributed by atoms with Gasteiger partial charge in [0.25, 0.3) is 5.91 Å². The Hall–Kier alpha value is -1.66. The predicted molar refractivity (Wildman–Crippen MR) is 77.8 cm³/mol. The van der Waals surface area contributed by atoms with Crippen LogP contribution in [0.5, 0.6) is 0 Å². The lowest BCUT2D eigenvalue weighted by molar-refractivity contribution is 0.0699. The summed E-state index contributed by atoms with van der Waals surface area (Å²) < 4.78 is 0. The first-order valence-electron chi connectivity index (χ1n) is 6.78. The number of carbonyl (C=O) groups excluding carboxylic acids is 1. The van der Waals surface area contributed by atoms with Gasteiger partial charge in [0.1, 0.15) is 0 Å². The monoisotopic (exact) mass is 278 g/mol. The molecule has 6 nitrogen and oxygen atoms in total. The van der Waals surface area contributed by atoms with Crippen molar-refractivity contribution >= 4 is 11.6 Å². The van der Waals surface area contributed by atoms with E-state index in [-0.39, 0.29) is 11.9 Å². The predicted octanol–water partition coefficient (Wildman–Crippen LogP) is 0.260. The second-order valence-corrected chi connectivity index (χ2v) is 5.43. The summed E-state index contributed by atoms with van der Waals surface area (Å²) in [6, 6.07) is 1.82. The van der Waals surface area contributed by atoms with E-state index in [4.69, 9.17) is 0 Å². The van der Waals surface area contributed by atoms with Gasteiger partial charge in [0, 0.05) is 44.3 Å². The van der Waals surface area contributed by atoms with Gasteiger partial charge in [0.15, 0.2) is 0 Å². The number of β-amino-alcohol motifs (C(OH)–C–C–N with tert-alkyl or cyclic N) is 1. The Bertz CT molecular complexity index is 478. The Kier molecular flexibility index (Phi) is 4.57. The molecule has 1 aromatic heterocycles. The van der Waals surface area contributed by atoms with Crippen LogP contribution in [0.3, 0.4) is 0 Å². The molecule has 20 heavy (non-hydrogen) atoms. The van der Waals surface area contributed by atoms with Crippen molar-refractivity contribution in [1.82, 2.24) is 14.8 Å². The Morgan fingerprint density at radius 2 is 2.35 bits per heavy atom. The molecule has 1 aromatic rings. The molecule has 2 N–H and O–H groups in total. The molecule has 1 amide bonds. The van der Waals surface area contributed by atoms with Crippen molar-refractivity contribution in [3.8, 4) is 0 Å². The first kappa shape index (κ1) is 14.7. The SMILES string of the molecule is CNc1ccncc1C(=O)N1CC(O)CC1CN(C)C. The average Bonchev–Trinajstić information content (AvgIpc) is 2.77. The molecule has 0 aromatic carbocycles. The van der Waals surface area contributed by atoms with E-state index in [1.54, 1.807) is 30.4 Å². The molecule has 0 aliphatic carbocycles. The van der Waals surface area contributed by atoms with Crippen LogP contribution in [0.4, 0.5) is 5.69 Å². The van der Waals surface area contributed by atoms with Gasteiger partial charge in [-0.15, -0.1) is 0 Å². The van der Waals surface area contributed by atoms with Crippen LogP contribution in [0.1, 0.15) is 16.8 Å². The second-order valence-electron chi connectivity index (χ2n) is 5.43. The number of aliphatic hydroxyl groups excluding tert-OH is 1. The van der Waals surface area contributed by atoms with E-state index < -0.39 is 6.10 Å². The van der Waals surface area contributed by atoms with Crippen LogP contribution in [0.15, 0.2) is 18.5 Å². The van der Waals surface area contributed by atoms with Crippen LogP contribution in [0, 0.1) is 0 Å². The number of pyridine rings is 1. The number of hydrogen-bond acceptors (Lipinski definition) is 5. The first-order valence-corrected chi connectivity index (χ1v) is 6.78. The second kappa shape index (κ2) is 6.19. The van der Waals surface area contributed by atoms with E-state index in [9.17, 15) is 9.90 Å². The summed E-state index contributed by atoms with van der Waals surface area (Å²) in [5.41, 5.74) is 1.31. The molecule has 2 rings (SSSR count). The van der Waals surface area contributed by atoms with E-state index in [1.807, 2.05) is 19.0 Å². The minimum absolute atomic E-state index is 0.0393. The smallest absolute Gasteiger partial charge is 0.257 e. The summed E-state index contributed by atoms with van der Waals surface area (Å²) in [7, 11) is 5.72. The van der Waals surface area contributed by atoms with Crippen LogP contribution >= 0.6 is 0 Å². The summed E-state index contributed by atoms with van der Waals surface area (Å²) >= 11 is 0. The Morgan fingerprint density at radius 3 is 3.00 bits per heavy atom. The third kappa shape index (κ3) is 3.08. The highest BCUT2D eigenvalue weighted by atomic mass is 16.3. The van der Waals surface area contributed by atoms with Crippen molar-refractivity contribution < 1.29 is 9.90 Å². The first-order chi connectivity index (χ1) is 9.52. The number of nitrogens with zero attached hydrogens (tertiary/aromatic N) is 3. The van der Waals surface area contributed by atoms with Crippen molar-refractivity contribution in [3.05, 3.63) is 24.0 Å². The molecule has 0 spiro atoms. The molecule has 0 radical (unpaired) electrons. The van der Waals surface area contributed by atoms with Crippen molar-refractivity contribution in [2.45, 2.75) is 18.6 Å². The number of amides is 1. The summed E-state index contributed by atoms with van der Waals surface area (Å²) in [6.07, 6.45) is 3.40. The fourth-order valence-corrected chi connectivity index (χ4v) is 2.67. The molecule has 0 bridgehead atoms. The maximum atomic E-state index is 12.7. The third-order valence-electron chi connectivity index (χ3n) is 3.55. The van der Waals surface area contributed by atoms with E-state index in [1.165, 1.54) is 0 Å². The fourth-order valence-electron chi connectivity index (χ4n) is 2.67. The summed E-state index contributed by atoms with van der Waals surface area (Å²) in [5, 5.41) is 12.9. The van der Waals surface area contributed by atoms with Gasteiger partial charge in [-0.2, -0.15) is 0 Å². The molecule has 0 saturated carbocycles. The van der Waals surface area contributed by atoms with Crippen LogP contribution < -0.4 is 5.32 Å². The zero-order valence-corrected chi connectivity index (χ0v) is 12.2. The molecule has 1 aliphatic rings. The molecule has 2 unspecified atom stereocenters. The molecular weight excluding hydrogens is 256 g/mol. The lowest BCUT2D eigenvalue weighted by Gasteiger charge is -2.27. The van der Waals surface area contributed by atoms with Crippen molar-refractivity contribution in [3.63, 3.8) is 0 Å². The van der Waals surface area contributed by atoms with E-state index in [2.05, 4.69) is 10.3 Å². The van der Waals surface area contributed by atoms with Gasteiger partial charge in [-0.1, -0.05) is 0 Å². The molecule has 1 aliphatic heterocycles. The summed E-state index contributed by atoms with van der Waals surface area (Å²) in [5.74, 6) is -0.0779.